The number of hydrogen-bond acceptors (Lipinski definition) is 3. The summed E-state index contributed by atoms with van der Waals surface area (Å²) in [5, 5.41) is 4.17. The maximum Gasteiger partial charge on any atom is 0.228 e. The number of aromatic nitrogens is 1. The van der Waals surface area contributed by atoms with E-state index in [-0.39, 0.29) is 11.3 Å². The highest BCUT2D eigenvalue weighted by atomic mass is 35.5. The average molecular weight is 416 g/mol. The lowest BCUT2D eigenvalue weighted by atomic mass is 9.65. The monoisotopic (exact) mass is 415 g/mol. The minimum Gasteiger partial charge on any atom is -0.339 e. The quantitative estimate of drug-likeness (QED) is 0.724. The lowest BCUT2D eigenvalue weighted by molar-refractivity contribution is -0.142. The fourth-order valence-electron chi connectivity index (χ4n) is 6.89. The van der Waals surface area contributed by atoms with Crippen LogP contribution in [0.5, 0.6) is 0 Å². The van der Waals surface area contributed by atoms with E-state index in [2.05, 4.69) is 21.3 Å². The summed E-state index contributed by atoms with van der Waals surface area (Å²) < 4.78 is 0. The van der Waals surface area contributed by atoms with Crippen molar-refractivity contribution in [1.82, 2.24) is 15.2 Å². The highest BCUT2D eigenvalue weighted by Crippen LogP contribution is 2.46. The maximum absolute atomic E-state index is 14.0. The third-order valence-corrected chi connectivity index (χ3v) is 8.50. The molecule has 4 aliphatic rings. The number of likely N-dealkylation sites (tertiary alicyclic amines) is 1. The topological polar surface area (TPSA) is 45.2 Å². The molecule has 1 aromatic heterocycles. The molecule has 1 amide bonds. The van der Waals surface area contributed by atoms with E-state index in [4.69, 9.17) is 11.6 Å². The molecule has 1 spiro atoms. The van der Waals surface area contributed by atoms with Crippen LogP contribution in [0.15, 0.2) is 12.1 Å². The minimum absolute atomic E-state index is 0.0358. The molecule has 0 radical (unpaired) electrons. The van der Waals surface area contributed by atoms with Crippen LogP contribution in [-0.2, 0) is 16.6 Å². The molecule has 1 aromatic rings. The predicted molar refractivity (Wildman–Crippen MR) is 116 cm³/mol. The Hall–Kier alpha value is -1.13. The van der Waals surface area contributed by atoms with Crippen molar-refractivity contribution >= 4 is 17.5 Å². The summed E-state index contributed by atoms with van der Waals surface area (Å²) in [5.41, 5.74) is 2.30. The van der Waals surface area contributed by atoms with Crippen LogP contribution in [0.1, 0.15) is 75.5 Å². The Kier molecular flexibility index (Phi) is 5.59. The Bertz CT molecular complexity index is 762. The third kappa shape index (κ3) is 3.50. The number of hydrogen-bond donors (Lipinski definition) is 1. The normalized spacial score (nSPS) is 33.1. The van der Waals surface area contributed by atoms with Crippen molar-refractivity contribution in [1.29, 1.82) is 0 Å². The van der Waals surface area contributed by atoms with E-state index >= 15 is 0 Å². The van der Waals surface area contributed by atoms with E-state index in [1.165, 1.54) is 50.5 Å². The summed E-state index contributed by atoms with van der Waals surface area (Å²) in [6.45, 7) is 2.65. The van der Waals surface area contributed by atoms with Crippen LogP contribution in [-0.4, -0.2) is 41.5 Å². The van der Waals surface area contributed by atoms with Gasteiger partial charge in [-0.1, -0.05) is 36.9 Å². The van der Waals surface area contributed by atoms with Crippen LogP contribution in [0.2, 0.25) is 5.15 Å². The molecule has 5 heteroatoms. The molecule has 3 atom stereocenters. The van der Waals surface area contributed by atoms with Crippen LogP contribution in [0.3, 0.4) is 0 Å². The molecular formula is C24H34ClN3O. The predicted octanol–water partition coefficient (Wildman–Crippen LogP) is 4.49. The van der Waals surface area contributed by atoms with Gasteiger partial charge in [-0.3, -0.25) is 4.79 Å². The number of nitrogens with zero attached hydrogens (tertiary/aromatic N) is 2. The average Bonchev–Trinajstić information content (AvgIpc) is 3.17. The Morgan fingerprint density at radius 1 is 1.10 bits per heavy atom. The van der Waals surface area contributed by atoms with E-state index in [1.54, 1.807) is 0 Å². The van der Waals surface area contributed by atoms with E-state index in [1.807, 2.05) is 6.07 Å². The van der Waals surface area contributed by atoms with Gasteiger partial charge in [-0.25, -0.2) is 4.98 Å². The van der Waals surface area contributed by atoms with Crippen molar-refractivity contribution in [2.75, 3.05) is 19.6 Å². The number of piperidine rings is 1. The highest BCUT2D eigenvalue weighted by molar-refractivity contribution is 6.29. The Labute approximate surface area is 179 Å². The van der Waals surface area contributed by atoms with Gasteiger partial charge in [0.05, 0.1) is 5.92 Å². The van der Waals surface area contributed by atoms with E-state index in [0.717, 1.165) is 56.9 Å². The fourth-order valence-corrected chi connectivity index (χ4v) is 7.06. The molecule has 0 bridgehead atoms. The van der Waals surface area contributed by atoms with Gasteiger partial charge in [-0.05, 0) is 68.9 Å². The summed E-state index contributed by atoms with van der Waals surface area (Å²) >= 11 is 6.20. The van der Waals surface area contributed by atoms with Crippen LogP contribution < -0.4 is 5.32 Å². The van der Waals surface area contributed by atoms with Gasteiger partial charge in [-0.15, -0.1) is 0 Å². The van der Waals surface area contributed by atoms with Gasteiger partial charge >= 0.3 is 0 Å². The molecular weight excluding hydrogens is 382 g/mol. The summed E-state index contributed by atoms with van der Waals surface area (Å²) in [6.07, 6.45) is 13.5. The van der Waals surface area contributed by atoms with Crippen LogP contribution in [0.25, 0.3) is 0 Å². The molecule has 0 aromatic carbocycles. The Morgan fingerprint density at radius 2 is 1.93 bits per heavy atom. The third-order valence-electron chi connectivity index (χ3n) is 8.29. The molecule has 3 fully saturated rings. The number of carbonyl (C=O) groups is 1. The molecule has 2 aliphatic carbocycles. The Morgan fingerprint density at radius 3 is 2.79 bits per heavy atom. The van der Waals surface area contributed by atoms with Gasteiger partial charge in [0.25, 0.3) is 0 Å². The zero-order chi connectivity index (χ0) is 19.8. The number of amides is 1. The molecule has 29 heavy (non-hydrogen) atoms. The number of halogens is 1. The van der Waals surface area contributed by atoms with Crippen molar-refractivity contribution in [3.05, 3.63) is 28.5 Å². The summed E-state index contributed by atoms with van der Waals surface area (Å²) in [4.78, 5) is 21.0. The van der Waals surface area contributed by atoms with Crippen molar-refractivity contribution in [3.63, 3.8) is 0 Å². The van der Waals surface area contributed by atoms with Gasteiger partial charge in [0.2, 0.25) is 5.91 Å². The van der Waals surface area contributed by atoms with E-state index in [9.17, 15) is 4.79 Å². The molecule has 1 unspecified atom stereocenters. The molecule has 2 aliphatic heterocycles. The maximum atomic E-state index is 14.0. The molecule has 3 heterocycles. The van der Waals surface area contributed by atoms with Crippen molar-refractivity contribution < 1.29 is 4.79 Å². The second kappa shape index (κ2) is 8.19. The zero-order valence-corrected chi connectivity index (χ0v) is 18.2. The first-order chi connectivity index (χ1) is 14.2. The van der Waals surface area contributed by atoms with Crippen molar-refractivity contribution in [2.45, 2.75) is 82.1 Å². The molecule has 4 nitrogen and oxygen atoms in total. The first kappa shape index (κ1) is 19.8. The molecule has 1 saturated carbocycles. The number of nitrogens with one attached hydrogen (secondary N) is 1. The van der Waals surface area contributed by atoms with Crippen molar-refractivity contribution in [2.24, 2.45) is 11.8 Å². The highest BCUT2D eigenvalue weighted by Gasteiger charge is 2.52. The number of rotatable bonds is 2. The van der Waals surface area contributed by atoms with Gasteiger partial charge < -0.3 is 10.2 Å². The zero-order valence-electron chi connectivity index (χ0n) is 17.5. The Balaban J connectivity index is 1.44. The first-order valence-corrected chi connectivity index (χ1v) is 12.2. The fraction of sp³-hybridized carbons (Fsp3) is 0.750. The molecule has 5 rings (SSSR count). The lowest BCUT2D eigenvalue weighted by Gasteiger charge is -2.46. The molecule has 2 saturated heterocycles. The first-order valence-electron chi connectivity index (χ1n) is 11.9. The second-order valence-electron chi connectivity index (χ2n) is 9.81. The summed E-state index contributed by atoms with van der Waals surface area (Å²) in [6, 6.07) is 4.55. The minimum atomic E-state index is -0.100. The number of pyridine rings is 1. The smallest absolute Gasteiger partial charge is 0.228 e. The summed E-state index contributed by atoms with van der Waals surface area (Å²) in [5.74, 6) is 1.17. The number of fused-ring (bicyclic) bond motifs is 2. The molecule has 1 N–H and O–H groups in total. The van der Waals surface area contributed by atoms with Crippen LogP contribution in [0.4, 0.5) is 0 Å². The largest absolute Gasteiger partial charge is 0.339 e. The summed E-state index contributed by atoms with van der Waals surface area (Å²) in [7, 11) is 0. The van der Waals surface area contributed by atoms with Crippen LogP contribution >= 0.6 is 11.6 Å². The number of aryl methyl sites for hydroxylation is 1. The SMILES string of the molecule is O=C([C@@H]1CNC[C@]12CCCc1nc(Cl)ccc12)N1CCCCC1C1CCCCC1. The van der Waals surface area contributed by atoms with Crippen molar-refractivity contribution in [3.8, 4) is 0 Å². The number of carbonyl (C=O) groups excluding carboxylic acids is 1. The van der Waals surface area contributed by atoms with Gasteiger partial charge in [-0.2, -0.15) is 0 Å². The van der Waals surface area contributed by atoms with E-state index < -0.39 is 0 Å². The van der Waals surface area contributed by atoms with Gasteiger partial charge in [0, 0.05) is 36.8 Å². The van der Waals surface area contributed by atoms with Crippen LogP contribution in [0, 0.1) is 11.8 Å². The second-order valence-corrected chi connectivity index (χ2v) is 10.2. The standard InChI is InChI=1S/C24H34ClN3O/c25-22-12-11-18-20(27-22)9-6-13-24(18)16-26-15-19(24)23(29)28-14-5-4-10-21(28)17-7-2-1-3-8-17/h11-12,17,19,21,26H,1-10,13-16H2/t19-,21?,24-/m0/s1. The van der Waals surface area contributed by atoms with Gasteiger partial charge in [0.1, 0.15) is 5.15 Å². The molecule has 158 valence electrons. The lowest BCUT2D eigenvalue weighted by Crippen LogP contribution is -2.54. The van der Waals surface area contributed by atoms with E-state index in [0.29, 0.717) is 17.1 Å². The van der Waals surface area contributed by atoms with Gasteiger partial charge in [0.15, 0.2) is 0 Å².